The molecule has 1 atom stereocenters. The van der Waals surface area contributed by atoms with E-state index in [4.69, 9.17) is 20.8 Å². The van der Waals surface area contributed by atoms with Gasteiger partial charge in [0.2, 0.25) is 0 Å². The summed E-state index contributed by atoms with van der Waals surface area (Å²) >= 11 is 6.11. The van der Waals surface area contributed by atoms with Gasteiger partial charge in [-0.15, -0.1) is 0 Å². The summed E-state index contributed by atoms with van der Waals surface area (Å²) in [4.78, 5) is 0. The number of methoxy groups -OCH3 is 1. The van der Waals surface area contributed by atoms with Crippen LogP contribution in [0.2, 0.25) is 24.7 Å². The van der Waals surface area contributed by atoms with Gasteiger partial charge in [-0.2, -0.15) is 5.26 Å². The first kappa shape index (κ1) is 15.0. The first-order chi connectivity index (χ1) is 8.30. The lowest BCUT2D eigenvalue weighted by molar-refractivity contribution is 0.247. The quantitative estimate of drug-likeness (QED) is 0.782. The molecule has 0 radical (unpaired) electrons. The molecule has 5 heteroatoms. The van der Waals surface area contributed by atoms with Gasteiger partial charge in [-0.05, 0) is 44.3 Å². The molecule has 1 aromatic carbocycles. The van der Waals surface area contributed by atoms with Gasteiger partial charge in [0.25, 0.3) is 0 Å². The zero-order valence-corrected chi connectivity index (χ0v) is 13.1. The standard InChI is InChI=1S/C13H18ClNO2Si/c1-9-10(14)6-7-11(16-2)13(9)12(8-15)17-18(3,4)5/h6-7,12H,1-5H3/t12-/m1/s1. The number of rotatable bonds is 4. The summed E-state index contributed by atoms with van der Waals surface area (Å²) in [6.45, 7) is 8.01. The van der Waals surface area contributed by atoms with Gasteiger partial charge in [0.15, 0.2) is 14.4 Å². The lowest BCUT2D eigenvalue weighted by atomic mass is 10.0. The van der Waals surface area contributed by atoms with Crippen LogP contribution in [-0.4, -0.2) is 15.4 Å². The number of ether oxygens (including phenoxy) is 1. The van der Waals surface area contributed by atoms with Crippen molar-refractivity contribution in [3.63, 3.8) is 0 Å². The highest BCUT2D eigenvalue weighted by molar-refractivity contribution is 6.69. The van der Waals surface area contributed by atoms with Gasteiger partial charge in [0, 0.05) is 10.6 Å². The molecule has 0 aliphatic rings. The van der Waals surface area contributed by atoms with Crippen LogP contribution in [0.5, 0.6) is 5.75 Å². The van der Waals surface area contributed by atoms with Gasteiger partial charge in [0.05, 0.1) is 13.2 Å². The van der Waals surface area contributed by atoms with E-state index in [1.165, 1.54) is 0 Å². The fourth-order valence-corrected chi connectivity index (χ4v) is 2.73. The lowest BCUT2D eigenvalue weighted by Crippen LogP contribution is -2.28. The maximum atomic E-state index is 9.33. The van der Waals surface area contributed by atoms with E-state index < -0.39 is 14.4 Å². The average molecular weight is 284 g/mol. The predicted octanol–water partition coefficient (Wildman–Crippen LogP) is 4.07. The van der Waals surface area contributed by atoms with Crippen LogP contribution < -0.4 is 4.74 Å². The lowest BCUT2D eigenvalue weighted by Gasteiger charge is -2.24. The first-order valence-corrected chi connectivity index (χ1v) is 9.49. The number of hydrogen-bond donors (Lipinski definition) is 0. The molecule has 0 aliphatic heterocycles. The normalized spacial score (nSPS) is 12.9. The molecule has 0 spiro atoms. The highest BCUT2D eigenvalue weighted by Crippen LogP contribution is 2.35. The molecule has 0 N–H and O–H groups in total. The second kappa shape index (κ2) is 5.74. The largest absolute Gasteiger partial charge is 0.496 e. The first-order valence-electron chi connectivity index (χ1n) is 5.70. The van der Waals surface area contributed by atoms with Crippen molar-refractivity contribution in [3.05, 3.63) is 28.3 Å². The smallest absolute Gasteiger partial charge is 0.186 e. The number of nitriles is 1. The fourth-order valence-electron chi connectivity index (χ4n) is 1.68. The molecule has 0 heterocycles. The van der Waals surface area contributed by atoms with Crippen molar-refractivity contribution in [2.24, 2.45) is 0 Å². The molecular weight excluding hydrogens is 266 g/mol. The van der Waals surface area contributed by atoms with Crippen LogP contribution >= 0.6 is 11.6 Å². The number of nitrogens with zero attached hydrogens (tertiary/aromatic N) is 1. The van der Waals surface area contributed by atoms with E-state index in [2.05, 4.69) is 6.07 Å². The van der Waals surface area contributed by atoms with E-state index in [-0.39, 0.29) is 0 Å². The Hall–Kier alpha value is -1.02. The van der Waals surface area contributed by atoms with Crippen LogP contribution in [0.1, 0.15) is 17.2 Å². The van der Waals surface area contributed by atoms with Gasteiger partial charge in [-0.1, -0.05) is 11.6 Å². The number of benzene rings is 1. The number of hydrogen-bond acceptors (Lipinski definition) is 3. The minimum Gasteiger partial charge on any atom is -0.496 e. The Morgan fingerprint density at radius 3 is 2.39 bits per heavy atom. The zero-order chi connectivity index (χ0) is 13.9. The van der Waals surface area contributed by atoms with Crippen LogP contribution in [-0.2, 0) is 4.43 Å². The molecule has 0 aliphatic carbocycles. The summed E-state index contributed by atoms with van der Waals surface area (Å²) in [5.41, 5.74) is 1.57. The predicted molar refractivity (Wildman–Crippen MR) is 75.5 cm³/mol. The molecular formula is C13H18ClNO2Si. The number of halogens is 1. The summed E-state index contributed by atoms with van der Waals surface area (Å²) < 4.78 is 11.2. The van der Waals surface area contributed by atoms with Crippen molar-refractivity contribution in [2.75, 3.05) is 7.11 Å². The maximum Gasteiger partial charge on any atom is 0.186 e. The van der Waals surface area contributed by atoms with Gasteiger partial charge in [0.1, 0.15) is 5.75 Å². The molecule has 0 saturated carbocycles. The summed E-state index contributed by atoms with van der Waals surface area (Å²) in [7, 11) is -0.243. The summed E-state index contributed by atoms with van der Waals surface area (Å²) in [5.74, 6) is 0.640. The Morgan fingerprint density at radius 2 is 1.94 bits per heavy atom. The van der Waals surface area contributed by atoms with Gasteiger partial charge in [-0.25, -0.2) is 0 Å². The third-order valence-electron chi connectivity index (χ3n) is 2.48. The second-order valence-electron chi connectivity index (χ2n) is 5.03. The Kier molecular flexibility index (Phi) is 4.80. The van der Waals surface area contributed by atoms with Gasteiger partial charge < -0.3 is 9.16 Å². The van der Waals surface area contributed by atoms with Crippen molar-refractivity contribution < 1.29 is 9.16 Å². The minimum atomic E-state index is -1.82. The summed E-state index contributed by atoms with van der Waals surface area (Å²) in [5, 5.41) is 9.94. The highest BCUT2D eigenvalue weighted by Gasteiger charge is 2.26. The van der Waals surface area contributed by atoms with Crippen LogP contribution in [0.3, 0.4) is 0 Å². The van der Waals surface area contributed by atoms with Crippen LogP contribution in [0.4, 0.5) is 0 Å². The van der Waals surface area contributed by atoms with Crippen LogP contribution in [0.25, 0.3) is 0 Å². The Labute approximate surface area is 114 Å². The molecule has 1 aromatic rings. The average Bonchev–Trinajstić information content (AvgIpc) is 2.28. The molecule has 0 amide bonds. The van der Waals surface area contributed by atoms with E-state index in [1.54, 1.807) is 19.2 Å². The summed E-state index contributed by atoms with van der Waals surface area (Å²) in [6.07, 6.45) is -0.634. The van der Waals surface area contributed by atoms with E-state index in [1.807, 2.05) is 26.6 Å². The third kappa shape index (κ3) is 3.48. The van der Waals surface area contributed by atoms with Crippen molar-refractivity contribution in [1.29, 1.82) is 5.26 Å². The Bertz CT molecular complexity index is 477. The van der Waals surface area contributed by atoms with E-state index >= 15 is 0 Å². The molecule has 0 saturated heterocycles. The topological polar surface area (TPSA) is 42.2 Å². The SMILES string of the molecule is COc1ccc(Cl)c(C)c1[C@@H](C#N)O[Si](C)(C)C. The second-order valence-corrected chi connectivity index (χ2v) is 9.90. The van der Waals surface area contributed by atoms with Crippen molar-refractivity contribution >= 4 is 19.9 Å². The molecule has 18 heavy (non-hydrogen) atoms. The Morgan fingerprint density at radius 1 is 1.33 bits per heavy atom. The van der Waals surface area contributed by atoms with Gasteiger partial charge >= 0.3 is 0 Å². The van der Waals surface area contributed by atoms with E-state index in [0.717, 1.165) is 11.1 Å². The van der Waals surface area contributed by atoms with Crippen LogP contribution in [0, 0.1) is 18.3 Å². The molecule has 0 unspecified atom stereocenters. The third-order valence-corrected chi connectivity index (χ3v) is 3.83. The van der Waals surface area contributed by atoms with Gasteiger partial charge in [-0.3, -0.25) is 0 Å². The van der Waals surface area contributed by atoms with Crippen molar-refractivity contribution in [3.8, 4) is 11.8 Å². The fraction of sp³-hybridized carbons (Fsp3) is 0.462. The Balaban J connectivity index is 3.29. The molecule has 0 fully saturated rings. The molecule has 0 bridgehead atoms. The molecule has 1 rings (SSSR count). The van der Waals surface area contributed by atoms with E-state index in [9.17, 15) is 5.26 Å². The molecule has 0 aromatic heterocycles. The van der Waals surface area contributed by atoms with Crippen molar-refractivity contribution in [2.45, 2.75) is 32.7 Å². The highest BCUT2D eigenvalue weighted by atomic mass is 35.5. The minimum absolute atomic E-state index is 0.616. The maximum absolute atomic E-state index is 9.33. The van der Waals surface area contributed by atoms with Crippen LogP contribution in [0.15, 0.2) is 12.1 Å². The van der Waals surface area contributed by atoms with Crippen molar-refractivity contribution in [1.82, 2.24) is 0 Å². The monoisotopic (exact) mass is 283 g/mol. The zero-order valence-electron chi connectivity index (χ0n) is 11.4. The molecule has 3 nitrogen and oxygen atoms in total. The summed E-state index contributed by atoms with van der Waals surface area (Å²) in [6, 6.07) is 5.72. The molecule has 98 valence electrons. The van der Waals surface area contributed by atoms with E-state index in [0.29, 0.717) is 10.8 Å².